The molecule has 1 aliphatic carbocycles. The highest BCUT2D eigenvalue weighted by molar-refractivity contribution is 5.99. The molecule has 1 aliphatic heterocycles. The summed E-state index contributed by atoms with van der Waals surface area (Å²) in [5.74, 6) is -2.58. The number of anilines is 4. The lowest BCUT2D eigenvalue weighted by Crippen LogP contribution is -2.49. The van der Waals surface area contributed by atoms with Crippen LogP contribution in [-0.2, 0) is 18.6 Å². The number of fused-ring (bicyclic) bond motifs is 1. The predicted molar refractivity (Wildman–Crippen MR) is 135 cm³/mol. The van der Waals surface area contributed by atoms with Crippen molar-refractivity contribution in [2.45, 2.75) is 57.2 Å². The van der Waals surface area contributed by atoms with Crippen molar-refractivity contribution >= 4 is 29.2 Å². The monoisotopic (exact) mass is 509 g/mol. The summed E-state index contributed by atoms with van der Waals surface area (Å²) in [7, 11) is 0. The number of carbonyl (C=O) groups is 1. The van der Waals surface area contributed by atoms with E-state index in [1.807, 2.05) is 19.9 Å². The zero-order chi connectivity index (χ0) is 26.2. The summed E-state index contributed by atoms with van der Waals surface area (Å²) >= 11 is 0. The summed E-state index contributed by atoms with van der Waals surface area (Å²) < 4.78 is 26.9. The Kier molecular flexibility index (Phi) is 6.50. The molecule has 3 aromatic rings. The van der Waals surface area contributed by atoms with Crippen molar-refractivity contribution in [1.82, 2.24) is 25.6 Å². The zero-order valence-corrected chi connectivity index (χ0v) is 20.6. The second kappa shape index (κ2) is 9.64. The number of hydrogen-bond donors (Lipinski definition) is 5. The van der Waals surface area contributed by atoms with Crippen molar-refractivity contribution < 1.29 is 18.7 Å². The van der Waals surface area contributed by atoms with Gasteiger partial charge in [0.15, 0.2) is 0 Å². The van der Waals surface area contributed by atoms with Crippen LogP contribution in [0.4, 0.5) is 32.1 Å². The first-order valence-corrected chi connectivity index (χ1v) is 12.2. The lowest BCUT2D eigenvalue weighted by Gasteiger charge is -2.42. The maximum Gasteiger partial charge on any atom is 0.256 e. The Balaban J connectivity index is 1.43. The number of pyridine rings is 1. The van der Waals surface area contributed by atoms with Gasteiger partial charge in [0.05, 0.1) is 5.69 Å². The topological polar surface area (TPSA) is 124 Å². The third-order valence-corrected chi connectivity index (χ3v) is 6.38. The molecule has 194 valence electrons. The fraction of sp³-hybridized carbons (Fsp3) is 0.385. The van der Waals surface area contributed by atoms with Crippen LogP contribution in [0.3, 0.4) is 0 Å². The SMILES string of the molecule is CC(C)NC(=O)c1cnc(Nc2ccc3c(c2)CCNC3)nc1Nc1cccc(C2(O)CC(F)(F)C2)n1. The van der Waals surface area contributed by atoms with Crippen molar-refractivity contribution in [3.8, 4) is 0 Å². The van der Waals surface area contributed by atoms with E-state index in [-0.39, 0.29) is 40.8 Å². The standard InChI is InChI=1S/C26H29F2N7O2/c1-15(2)31-23(36)19-12-30-24(32-18-7-6-17-11-29-9-8-16(17)10-18)35-22(19)34-21-5-3-4-20(33-21)25(37)13-26(27,28)14-25/h3-7,10,12,15,29,37H,8-9,11,13-14H2,1-2H3,(H,31,36)(H2,30,32,33,34,35). The Bertz CT molecular complexity index is 1320. The number of hydrogen-bond acceptors (Lipinski definition) is 8. The van der Waals surface area contributed by atoms with Crippen LogP contribution in [0, 0.1) is 0 Å². The smallest absolute Gasteiger partial charge is 0.256 e. The number of nitrogens with one attached hydrogen (secondary N) is 4. The third kappa shape index (κ3) is 5.52. The number of alkyl halides is 2. The number of halogens is 2. The number of amides is 1. The predicted octanol–water partition coefficient (Wildman–Crippen LogP) is 3.76. The van der Waals surface area contributed by atoms with E-state index in [9.17, 15) is 18.7 Å². The number of aliphatic hydroxyl groups is 1. The molecule has 2 aliphatic rings. The Morgan fingerprint density at radius 3 is 2.68 bits per heavy atom. The van der Waals surface area contributed by atoms with E-state index < -0.39 is 24.4 Å². The van der Waals surface area contributed by atoms with Gasteiger partial charge in [0.2, 0.25) is 5.95 Å². The minimum Gasteiger partial charge on any atom is -0.383 e. The molecule has 11 heteroatoms. The van der Waals surface area contributed by atoms with Crippen molar-refractivity contribution in [3.63, 3.8) is 0 Å². The number of rotatable bonds is 7. The summed E-state index contributed by atoms with van der Waals surface area (Å²) in [5, 5.41) is 22.9. The Labute approximate surface area is 213 Å². The number of aromatic nitrogens is 3. The normalized spacial score (nSPS) is 17.5. The van der Waals surface area contributed by atoms with Crippen LogP contribution in [0.2, 0.25) is 0 Å². The van der Waals surface area contributed by atoms with E-state index in [1.165, 1.54) is 23.4 Å². The molecule has 3 heterocycles. The quantitative estimate of drug-likeness (QED) is 0.326. The van der Waals surface area contributed by atoms with E-state index in [1.54, 1.807) is 12.1 Å². The van der Waals surface area contributed by atoms with Crippen molar-refractivity contribution in [1.29, 1.82) is 0 Å². The molecule has 2 aromatic heterocycles. The van der Waals surface area contributed by atoms with Gasteiger partial charge in [0, 0.05) is 37.3 Å². The van der Waals surface area contributed by atoms with Gasteiger partial charge in [-0.1, -0.05) is 12.1 Å². The average Bonchev–Trinajstić information content (AvgIpc) is 2.82. The zero-order valence-electron chi connectivity index (χ0n) is 20.6. The summed E-state index contributed by atoms with van der Waals surface area (Å²) in [6, 6.07) is 10.7. The molecule has 0 atom stereocenters. The maximum absolute atomic E-state index is 13.5. The fourth-order valence-electron chi connectivity index (χ4n) is 4.60. The molecule has 5 rings (SSSR count). The van der Waals surface area contributed by atoms with Gasteiger partial charge in [-0.25, -0.2) is 18.7 Å². The van der Waals surface area contributed by atoms with E-state index in [0.29, 0.717) is 0 Å². The van der Waals surface area contributed by atoms with Gasteiger partial charge in [-0.15, -0.1) is 0 Å². The minimum atomic E-state index is -2.91. The molecule has 0 unspecified atom stereocenters. The number of carbonyl (C=O) groups excluding carboxylic acids is 1. The molecule has 1 amide bonds. The maximum atomic E-state index is 13.5. The van der Waals surface area contributed by atoms with Crippen molar-refractivity contribution in [2.24, 2.45) is 0 Å². The summed E-state index contributed by atoms with van der Waals surface area (Å²) in [6.45, 7) is 5.43. The average molecular weight is 510 g/mol. The van der Waals surface area contributed by atoms with Gasteiger partial charge >= 0.3 is 0 Å². The van der Waals surface area contributed by atoms with Gasteiger partial charge < -0.3 is 26.4 Å². The van der Waals surface area contributed by atoms with E-state index >= 15 is 0 Å². The number of benzene rings is 1. The fourth-order valence-corrected chi connectivity index (χ4v) is 4.60. The molecule has 9 nitrogen and oxygen atoms in total. The number of nitrogens with zero attached hydrogens (tertiary/aromatic N) is 3. The van der Waals surface area contributed by atoms with Gasteiger partial charge in [0.25, 0.3) is 11.8 Å². The summed E-state index contributed by atoms with van der Waals surface area (Å²) in [5.41, 5.74) is 1.94. The molecule has 37 heavy (non-hydrogen) atoms. The molecule has 0 radical (unpaired) electrons. The lowest BCUT2D eigenvalue weighted by atomic mass is 9.74. The largest absolute Gasteiger partial charge is 0.383 e. The van der Waals surface area contributed by atoms with Crippen LogP contribution in [-0.4, -0.2) is 44.5 Å². The van der Waals surface area contributed by atoms with Crippen molar-refractivity contribution in [2.75, 3.05) is 17.2 Å². The third-order valence-electron chi connectivity index (χ3n) is 6.38. The first-order chi connectivity index (χ1) is 17.6. The first kappa shape index (κ1) is 25.0. The van der Waals surface area contributed by atoms with Crippen LogP contribution in [0.15, 0.2) is 42.6 Å². The second-order valence-corrected chi connectivity index (χ2v) is 9.89. The molecule has 1 saturated carbocycles. The van der Waals surface area contributed by atoms with Gasteiger partial charge in [-0.05, 0) is 62.2 Å². The van der Waals surface area contributed by atoms with Gasteiger partial charge in [0.1, 0.15) is 22.8 Å². The Hall–Kier alpha value is -3.70. The Morgan fingerprint density at radius 2 is 1.92 bits per heavy atom. The molecule has 0 bridgehead atoms. The molecule has 1 aromatic carbocycles. The van der Waals surface area contributed by atoms with Gasteiger partial charge in [-0.2, -0.15) is 4.98 Å². The van der Waals surface area contributed by atoms with Crippen LogP contribution >= 0.6 is 0 Å². The highest BCUT2D eigenvalue weighted by Gasteiger charge is 2.57. The minimum absolute atomic E-state index is 0.112. The molecular weight excluding hydrogens is 480 g/mol. The first-order valence-electron chi connectivity index (χ1n) is 12.2. The highest BCUT2D eigenvalue weighted by atomic mass is 19.3. The highest BCUT2D eigenvalue weighted by Crippen LogP contribution is 2.51. The lowest BCUT2D eigenvalue weighted by molar-refractivity contribution is -0.212. The van der Waals surface area contributed by atoms with E-state index in [0.717, 1.165) is 25.2 Å². The van der Waals surface area contributed by atoms with E-state index in [2.05, 4.69) is 48.4 Å². The van der Waals surface area contributed by atoms with Gasteiger partial charge in [-0.3, -0.25) is 4.79 Å². The Morgan fingerprint density at radius 1 is 1.11 bits per heavy atom. The molecular formula is C26H29F2N7O2. The summed E-state index contributed by atoms with van der Waals surface area (Å²) in [6.07, 6.45) is 0.975. The molecule has 0 spiro atoms. The molecule has 1 fully saturated rings. The second-order valence-electron chi connectivity index (χ2n) is 9.89. The van der Waals surface area contributed by atoms with Crippen molar-refractivity contribution in [3.05, 3.63) is 65.0 Å². The van der Waals surface area contributed by atoms with Crippen LogP contribution in [0.25, 0.3) is 0 Å². The molecule has 0 saturated heterocycles. The van der Waals surface area contributed by atoms with E-state index in [4.69, 9.17) is 0 Å². The van der Waals surface area contributed by atoms with Crippen LogP contribution < -0.4 is 21.3 Å². The van der Waals surface area contributed by atoms with Crippen LogP contribution in [0.1, 0.15) is 53.9 Å². The molecule has 5 N–H and O–H groups in total. The summed E-state index contributed by atoms with van der Waals surface area (Å²) in [4.78, 5) is 26.0. The van der Waals surface area contributed by atoms with Crippen LogP contribution in [0.5, 0.6) is 0 Å².